The molecule has 2 saturated heterocycles. The van der Waals surface area contributed by atoms with E-state index >= 15 is 0 Å². The average molecular weight is 276 g/mol. The third-order valence-electron chi connectivity index (χ3n) is 3.95. The van der Waals surface area contributed by atoms with E-state index in [1.165, 1.54) is 0 Å². The van der Waals surface area contributed by atoms with Crippen LogP contribution in [0.4, 0.5) is 0 Å². The summed E-state index contributed by atoms with van der Waals surface area (Å²) in [5, 5.41) is 3.27. The lowest BCUT2D eigenvalue weighted by Crippen LogP contribution is -2.37. The van der Waals surface area contributed by atoms with E-state index < -0.39 is 10.0 Å². The molecule has 0 aliphatic carbocycles. The van der Waals surface area contributed by atoms with Crippen molar-refractivity contribution in [2.45, 2.75) is 19.3 Å². The largest absolute Gasteiger partial charge is 0.384 e. The van der Waals surface area contributed by atoms with Gasteiger partial charge in [0.05, 0.1) is 12.4 Å². The van der Waals surface area contributed by atoms with Crippen LogP contribution in [-0.2, 0) is 14.8 Å². The van der Waals surface area contributed by atoms with Gasteiger partial charge in [0.1, 0.15) is 0 Å². The normalized spacial score (nSPS) is 27.7. The fourth-order valence-electron chi connectivity index (χ4n) is 2.87. The Morgan fingerprint density at radius 2 is 1.94 bits per heavy atom. The first-order chi connectivity index (χ1) is 8.62. The average Bonchev–Trinajstić information content (AvgIpc) is 2.80. The summed E-state index contributed by atoms with van der Waals surface area (Å²) >= 11 is 0. The molecule has 0 spiro atoms. The highest BCUT2D eigenvalue weighted by molar-refractivity contribution is 7.89. The van der Waals surface area contributed by atoms with Crippen LogP contribution in [0, 0.1) is 11.8 Å². The highest BCUT2D eigenvalue weighted by Crippen LogP contribution is 2.23. The van der Waals surface area contributed by atoms with Crippen molar-refractivity contribution < 1.29 is 13.2 Å². The summed E-state index contributed by atoms with van der Waals surface area (Å²) < 4.78 is 31.4. The zero-order valence-electron chi connectivity index (χ0n) is 11.1. The highest BCUT2D eigenvalue weighted by atomic mass is 32.2. The van der Waals surface area contributed by atoms with Gasteiger partial charge in [0.15, 0.2) is 0 Å². The lowest BCUT2D eigenvalue weighted by molar-refractivity contribution is 0.157. The molecule has 0 aromatic heterocycles. The van der Waals surface area contributed by atoms with Crippen LogP contribution in [0.3, 0.4) is 0 Å². The first-order valence-electron chi connectivity index (χ1n) is 6.79. The molecule has 0 aromatic carbocycles. The molecule has 6 heteroatoms. The Bertz CT molecular complexity index is 352. The van der Waals surface area contributed by atoms with Crippen LogP contribution in [0.15, 0.2) is 0 Å². The van der Waals surface area contributed by atoms with E-state index in [2.05, 4.69) is 5.32 Å². The molecule has 2 aliphatic heterocycles. The maximum Gasteiger partial charge on any atom is 0.214 e. The van der Waals surface area contributed by atoms with Crippen molar-refractivity contribution in [2.75, 3.05) is 45.6 Å². The van der Waals surface area contributed by atoms with E-state index in [0.29, 0.717) is 37.3 Å². The van der Waals surface area contributed by atoms with Gasteiger partial charge < -0.3 is 10.1 Å². The second-order valence-electron chi connectivity index (χ2n) is 5.44. The van der Waals surface area contributed by atoms with E-state index in [-0.39, 0.29) is 0 Å². The maximum absolute atomic E-state index is 12.3. The number of nitrogens with zero attached hydrogens (tertiary/aromatic N) is 1. The van der Waals surface area contributed by atoms with Gasteiger partial charge in [0.2, 0.25) is 10.0 Å². The molecule has 5 nitrogen and oxygen atoms in total. The summed E-state index contributed by atoms with van der Waals surface area (Å²) in [6.45, 7) is 3.88. The van der Waals surface area contributed by atoms with Gasteiger partial charge in [-0.25, -0.2) is 12.7 Å². The molecule has 0 bridgehead atoms. The number of hydrogen-bond donors (Lipinski definition) is 1. The van der Waals surface area contributed by atoms with Crippen LogP contribution in [-0.4, -0.2) is 58.4 Å². The van der Waals surface area contributed by atoms with Crippen molar-refractivity contribution in [1.82, 2.24) is 9.62 Å². The third kappa shape index (κ3) is 3.66. The van der Waals surface area contributed by atoms with Crippen molar-refractivity contribution in [3.8, 4) is 0 Å². The van der Waals surface area contributed by atoms with E-state index in [1.54, 1.807) is 11.4 Å². The number of sulfonamides is 1. The Balaban J connectivity index is 1.86. The summed E-state index contributed by atoms with van der Waals surface area (Å²) in [5.74, 6) is 1.03. The van der Waals surface area contributed by atoms with Gasteiger partial charge in [0, 0.05) is 20.2 Å². The molecule has 2 fully saturated rings. The second kappa shape index (κ2) is 6.32. The Kier molecular flexibility index (Phi) is 5.00. The van der Waals surface area contributed by atoms with Gasteiger partial charge in [-0.05, 0) is 44.2 Å². The van der Waals surface area contributed by atoms with Gasteiger partial charge in [-0.15, -0.1) is 0 Å². The predicted molar refractivity (Wildman–Crippen MR) is 70.9 cm³/mol. The SMILES string of the molecule is COCC1CCN(S(=O)(=O)CC2CCNCC2)C1. The van der Waals surface area contributed by atoms with Crippen molar-refractivity contribution in [3.63, 3.8) is 0 Å². The van der Waals surface area contributed by atoms with Gasteiger partial charge >= 0.3 is 0 Å². The first kappa shape index (κ1) is 14.2. The zero-order chi connectivity index (χ0) is 13.0. The topological polar surface area (TPSA) is 58.6 Å². The molecule has 18 heavy (non-hydrogen) atoms. The quantitative estimate of drug-likeness (QED) is 0.784. The fraction of sp³-hybridized carbons (Fsp3) is 1.00. The number of nitrogens with one attached hydrogen (secondary N) is 1. The summed E-state index contributed by atoms with van der Waals surface area (Å²) in [6, 6.07) is 0. The molecule has 0 amide bonds. The minimum absolute atomic E-state index is 0.328. The van der Waals surface area contributed by atoms with E-state index in [4.69, 9.17) is 4.74 Å². The number of methoxy groups -OCH3 is 1. The van der Waals surface area contributed by atoms with Crippen molar-refractivity contribution >= 4 is 10.0 Å². The van der Waals surface area contributed by atoms with Gasteiger partial charge in [-0.2, -0.15) is 0 Å². The number of hydrogen-bond acceptors (Lipinski definition) is 4. The van der Waals surface area contributed by atoms with Crippen molar-refractivity contribution in [1.29, 1.82) is 0 Å². The van der Waals surface area contributed by atoms with Gasteiger partial charge in [-0.1, -0.05) is 0 Å². The zero-order valence-corrected chi connectivity index (χ0v) is 11.9. The summed E-state index contributed by atoms with van der Waals surface area (Å²) in [6.07, 6.45) is 2.89. The van der Waals surface area contributed by atoms with Crippen molar-refractivity contribution in [3.05, 3.63) is 0 Å². The summed E-state index contributed by atoms with van der Waals surface area (Å²) in [4.78, 5) is 0. The Labute approximate surface area is 110 Å². The van der Waals surface area contributed by atoms with E-state index in [1.807, 2.05) is 0 Å². The molecule has 1 atom stereocenters. The lowest BCUT2D eigenvalue weighted by Gasteiger charge is -2.25. The molecule has 0 aromatic rings. The number of rotatable bonds is 5. The van der Waals surface area contributed by atoms with E-state index in [0.717, 1.165) is 32.4 Å². The predicted octanol–water partition coefficient (Wildman–Crippen LogP) is 0.284. The molecule has 2 heterocycles. The molecule has 0 radical (unpaired) electrons. The van der Waals surface area contributed by atoms with Crippen LogP contribution in [0.25, 0.3) is 0 Å². The van der Waals surface area contributed by atoms with E-state index in [9.17, 15) is 8.42 Å². The molecule has 2 aliphatic rings. The van der Waals surface area contributed by atoms with Crippen LogP contribution < -0.4 is 5.32 Å². The molecule has 0 saturated carbocycles. The van der Waals surface area contributed by atoms with Crippen LogP contribution in [0.2, 0.25) is 0 Å². The van der Waals surface area contributed by atoms with Gasteiger partial charge in [0.25, 0.3) is 0 Å². The minimum atomic E-state index is -3.06. The van der Waals surface area contributed by atoms with Crippen LogP contribution in [0.5, 0.6) is 0 Å². The van der Waals surface area contributed by atoms with Crippen LogP contribution in [0.1, 0.15) is 19.3 Å². The number of ether oxygens (including phenoxy) is 1. The highest BCUT2D eigenvalue weighted by Gasteiger charge is 2.33. The Hall–Kier alpha value is -0.170. The van der Waals surface area contributed by atoms with Crippen molar-refractivity contribution in [2.24, 2.45) is 11.8 Å². The Morgan fingerprint density at radius 3 is 2.61 bits per heavy atom. The molecule has 1 N–H and O–H groups in total. The van der Waals surface area contributed by atoms with Crippen LogP contribution >= 0.6 is 0 Å². The second-order valence-corrected chi connectivity index (χ2v) is 7.45. The summed E-state index contributed by atoms with van der Waals surface area (Å²) in [7, 11) is -1.39. The standard InChI is InChI=1S/C12H24N2O3S/c1-17-9-12-4-7-14(8-12)18(15,16)10-11-2-5-13-6-3-11/h11-13H,2-10H2,1H3. The monoisotopic (exact) mass is 276 g/mol. The lowest BCUT2D eigenvalue weighted by atomic mass is 10.0. The molecule has 106 valence electrons. The molecule has 2 rings (SSSR count). The molecule has 1 unspecified atom stereocenters. The van der Waals surface area contributed by atoms with Gasteiger partial charge in [-0.3, -0.25) is 0 Å². The first-order valence-corrected chi connectivity index (χ1v) is 8.40. The Morgan fingerprint density at radius 1 is 1.22 bits per heavy atom. The summed E-state index contributed by atoms with van der Waals surface area (Å²) in [5.41, 5.74) is 0. The number of piperidine rings is 1. The minimum Gasteiger partial charge on any atom is -0.384 e. The molecular weight excluding hydrogens is 252 g/mol. The maximum atomic E-state index is 12.3. The smallest absolute Gasteiger partial charge is 0.214 e. The fourth-order valence-corrected chi connectivity index (χ4v) is 4.83. The molecular formula is C12H24N2O3S. The third-order valence-corrected chi connectivity index (χ3v) is 5.96.